The molecule has 0 spiro atoms. The Kier molecular flexibility index (Phi) is 11.0. The molecule has 190 valence electrons. The smallest absolute Gasteiger partial charge is 0.161 e. The Morgan fingerprint density at radius 1 is 0.441 bits per heavy atom. The maximum atomic E-state index is 6.29. The molecule has 0 saturated carbocycles. The van der Waals surface area contributed by atoms with E-state index in [4.69, 9.17) is 28.4 Å². The van der Waals surface area contributed by atoms with Crippen molar-refractivity contribution in [2.75, 3.05) is 105 Å². The number of fused-ring (bicyclic) bond motifs is 19. The van der Waals surface area contributed by atoms with E-state index in [1.54, 1.807) is 0 Å². The van der Waals surface area contributed by atoms with E-state index in [1.807, 2.05) is 0 Å². The van der Waals surface area contributed by atoms with Crippen LogP contribution in [0, 0.1) is 0 Å². The van der Waals surface area contributed by atoms with Gasteiger partial charge in [0.15, 0.2) is 11.5 Å². The van der Waals surface area contributed by atoms with E-state index >= 15 is 0 Å². The summed E-state index contributed by atoms with van der Waals surface area (Å²) in [6, 6.07) is 4.26. The molecule has 0 N–H and O–H groups in total. The summed E-state index contributed by atoms with van der Waals surface area (Å²) in [5.41, 5.74) is 0. The monoisotopic (exact) mass is 476 g/mol. The maximum absolute atomic E-state index is 6.29. The summed E-state index contributed by atoms with van der Waals surface area (Å²) in [4.78, 5) is 4.65. The average Bonchev–Trinajstić information content (AvgIpc) is 2.85. The molecule has 8 heteroatoms. The normalized spacial score (nSPS) is 26.4. The zero-order chi connectivity index (χ0) is 23.3. The first-order valence-corrected chi connectivity index (χ1v) is 12.7. The lowest BCUT2D eigenvalue weighted by atomic mass is 10.1. The Balaban J connectivity index is 1.52. The van der Waals surface area contributed by atoms with Crippen LogP contribution >= 0.6 is 0 Å². The number of ether oxygens (including phenoxy) is 6. The van der Waals surface area contributed by atoms with Crippen molar-refractivity contribution in [3.63, 3.8) is 0 Å². The van der Waals surface area contributed by atoms with Gasteiger partial charge in [0.2, 0.25) is 0 Å². The summed E-state index contributed by atoms with van der Waals surface area (Å²) in [5.74, 6) is 1.64. The molecule has 1 aliphatic carbocycles. The molecule has 0 atom stereocenters. The third-order valence-electron chi connectivity index (χ3n) is 6.33. The van der Waals surface area contributed by atoms with Crippen LogP contribution in [0.4, 0.5) is 0 Å². The molecule has 1 fully saturated rings. The molecule has 34 heavy (non-hydrogen) atoms. The van der Waals surface area contributed by atoms with E-state index in [-0.39, 0.29) is 0 Å². The first-order chi connectivity index (χ1) is 16.9. The highest BCUT2D eigenvalue weighted by atomic mass is 16.5. The Hall–Kier alpha value is -1.68. The fourth-order valence-corrected chi connectivity index (χ4v) is 4.31. The van der Waals surface area contributed by atoms with Crippen molar-refractivity contribution in [2.24, 2.45) is 0 Å². The lowest BCUT2D eigenvalue weighted by molar-refractivity contribution is 0.00505. The van der Waals surface area contributed by atoms with Gasteiger partial charge in [-0.05, 0) is 35.4 Å². The van der Waals surface area contributed by atoms with Crippen molar-refractivity contribution >= 4 is 12.2 Å². The van der Waals surface area contributed by atoms with Crippen LogP contribution in [0.5, 0.6) is 11.5 Å². The molecule has 1 aromatic rings. The van der Waals surface area contributed by atoms with Gasteiger partial charge in [-0.3, -0.25) is 9.80 Å². The molecule has 0 amide bonds. The van der Waals surface area contributed by atoms with Crippen LogP contribution < -0.4 is 19.9 Å². The first-order valence-electron chi connectivity index (χ1n) is 12.7. The van der Waals surface area contributed by atoms with Crippen LogP contribution in [0.2, 0.25) is 0 Å². The van der Waals surface area contributed by atoms with Gasteiger partial charge >= 0.3 is 0 Å². The molecule has 3 heterocycles. The van der Waals surface area contributed by atoms with E-state index in [2.05, 4.69) is 34.1 Å². The highest BCUT2D eigenvalue weighted by molar-refractivity contribution is 5.48. The van der Waals surface area contributed by atoms with Gasteiger partial charge in [-0.1, -0.05) is 12.2 Å². The summed E-state index contributed by atoms with van der Waals surface area (Å²) in [5, 5.41) is 2.46. The van der Waals surface area contributed by atoms with Gasteiger partial charge in [-0.2, -0.15) is 0 Å². The minimum absolute atomic E-state index is 0.581. The standard InChI is InChI=1S/C26H40N2O6/c1-2-4-24-22-26-25(21-23(24)3-1)33-15-9-27-5-11-29-17-19-31-13-7-28(10-16-34-26)8-14-32-20-18-30-12-6-27/h3-4,21-22H,1-2,5-20H2. The van der Waals surface area contributed by atoms with Crippen molar-refractivity contribution in [1.82, 2.24) is 9.80 Å². The Labute approximate surface area is 203 Å². The molecule has 1 saturated heterocycles. The van der Waals surface area contributed by atoms with Gasteiger partial charge in [0.25, 0.3) is 0 Å². The van der Waals surface area contributed by atoms with Crippen LogP contribution in [0.15, 0.2) is 12.1 Å². The lowest BCUT2D eigenvalue weighted by Gasteiger charge is -2.25. The second-order valence-corrected chi connectivity index (χ2v) is 8.74. The second kappa shape index (κ2) is 14.7. The van der Waals surface area contributed by atoms with E-state index in [0.717, 1.165) is 63.6 Å². The maximum Gasteiger partial charge on any atom is 0.161 e. The Bertz CT molecular complexity index is 759. The highest BCUT2D eigenvalue weighted by Gasteiger charge is 2.13. The molecule has 4 aliphatic rings. The fourth-order valence-electron chi connectivity index (χ4n) is 4.31. The summed E-state index contributed by atoms with van der Waals surface area (Å²) in [7, 11) is 0. The Morgan fingerprint density at radius 3 is 1.18 bits per heavy atom. The van der Waals surface area contributed by atoms with Gasteiger partial charge < -0.3 is 28.4 Å². The van der Waals surface area contributed by atoms with E-state index in [0.29, 0.717) is 66.1 Å². The van der Waals surface area contributed by atoms with Crippen molar-refractivity contribution in [2.45, 2.75) is 12.8 Å². The zero-order valence-electron chi connectivity index (χ0n) is 20.4. The van der Waals surface area contributed by atoms with Crippen molar-refractivity contribution < 1.29 is 28.4 Å². The van der Waals surface area contributed by atoms with Crippen molar-refractivity contribution in [3.05, 3.63) is 22.6 Å². The van der Waals surface area contributed by atoms with Crippen LogP contribution in [-0.4, -0.2) is 115 Å². The zero-order valence-corrected chi connectivity index (χ0v) is 20.4. The summed E-state index contributed by atoms with van der Waals surface area (Å²) >= 11 is 0. The first kappa shape index (κ1) is 25.4. The van der Waals surface area contributed by atoms with Crippen molar-refractivity contribution in [3.8, 4) is 11.5 Å². The minimum atomic E-state index is 0.581. The topological polar surface area (TPSA) is 61.9 Å². The molecule has 2 bridgehead atoms. The molecule has 3 aliphatic heterocycles. The number of hydrogen-bond acceptors (Lipinski definition) is 8. The third kappa shape index (κ3) is 8.52. The summed E-state index contributed by atoms with van der Waals surface area (Å²) < 4.78 is 35.8. The molecular weight excluding hydrogens is 436 g/mol. The van der Waals surface area contributed by atoms with E-state index in [1.165, 1.54) is 10.4 Å². The molecule has 8 nitrogen and oxygen atoms in total. The van der Waals surface area contributed by atoms with E-state index < -0.39 is 0 Å². The summed E-state index contributed by atoms with van der Waals surface area (Å²) in [6.07, 6.45) is 6.70. The number of hydrogen-bond donors (Lipinski definition) is 0. The lowest BCUT2D eigenvalue weighted by Crippen LogP contribution is -2.36. The van der Waals surface area contributed by atoms with Crippen LogP contribution in [0.3, 0.4) is 0 Å². The van der Waals surface area contributed by atoms with Crippen LogP contribution in [-0.2, 0) is 18.9 Å². The second-order valence-electron chi connectivity index (χ2n) is 8.74. The SMILES string of the molecule is C1=c2cc3c(cc2=CCC1)OCCN1CCOCCOCCN(CCOCCOCC1)CCO3. The van der Waals surface area contributed by atoms with Crippen LogP contribution in [0.25, 0.3) is 12.2 Å². The molecule has 1 aromatic carbocycles. The van der Waals surface area contributed by atoms with E-state index in [9.17, 15) is 0 Å². The predicted molar refractivity (Wildman–Crippen MR) is 131 cm³/mol. The van der Waals surface area contributed by atoms with Gasteiger partial charge in [-0.25, -0.2) is 0 Å². The van der Waals surface area contributed by atoms with Crippen LogP contribution in [0.1, 0.15) is 12.8 Å². The summed E-state index contributed by atoms with van der Waals surface area (Å²) in [6.45, 7) is 11.1. The number of rotatable bonds is 0. The quantitative estimate of drug-likeness (QED) is 0.537. The van der Waals surface area contributed by atoms with Gasteiger partial charge in [0.05, 0.1) is 52.9 Å². The third-order valence-corrected chi connectivity index (χ3v) is 6.33. The molecule has 0 unspecified atom stereocenters. The Morgan fingerprint density at radius 2 is 0.794 bits per heavy atom. The highest BCUT2D eigenvalue weighted by Crippen LogP contribution is 2.24. The molecular formula is C26H40N2O6. The number of nitrogens with zero attached hydrogens (tertiary/aromatic N) is 2. The molecule has 0 radical (unpaired) electrons. The minimum Gasteiger partial charge on any atom is -0.488 e. The van der Waals surface area contributed by atoms with Gasteiger partial charge in [0.1, 0.15) is 13.2 Å². The van der Waals surface area contributed by atoms with Crippen molar-refractivity contribution in [1.29, 1.82) is 0 Å². The van der Waals surface area contributed by atoms with Gasteiger partial charge in [0, 0.05) is 39.3 Å². The fraction of sp³-hybridized carbons (Fsp3) is 0.692. The average molecular weight is 477 g/mol. The van der Waals surface area contributed by atoms with Gasteiger partial charge in [-0.15, -0.1) is 0 Å². The molecule has 0 aromatic heterocycles. The molecule has 5 rings (SSSR count). The largest absolute Gasteiger partial charge is 0.488 e. The number of benzene rings is 1. The predicted octanol–water partition coefficient (Wildman–Crippen LogP) is 0.497.